The fourth-order valence-electron chi connectivity index (χ4n) is 3.03. The lowest BCUT2D eigenvalue weighted by molar-refractivity contribution is 0.593. The minimum atomic E-state index is -0.0256. The van der Waals surface area contributed by atoms with Crippen LogP contribution in [0.15, 0.2) is 41.5 Å². The summed E-state index contributed by atoms with van der Waals surface area (Å²) in [6, 6.07) is 8.66. The fourth-order valence-corrected chi connectivity index (χ4v) is 3.03. The highest BCUT2D eigenvalue weighted by molar-refractivity contribution is 5.40. The van der Waals surface area contributed by atoms with Gasteiger partial charge in [0.25, 0.3) is 5.56 Å². The number of hydrogen-bond donors (Lipinski definition) is 1. The molecule has 0 amide bonds. The minimum absolute atomic E-state index is 0.0256. The molecule has 0 saturated carbocycles. The molecule has 0 radical (unpaired) electrons. The van der Waals surface area contributed by atoms with Gasteiger partial charge in [0.2, 0.25) is 0 Å². The van der Waals surface area contributed by atoms with Crippen LogP contribution in [-0.4, -0.2) is 9.55 Å². The maximum Gasteiger partial charge on any atom is 0.293 e. The first-order valence-corrected chi connectivity index (χ1v) is 7.69. The van der Waals surface area contributed by atoms with Crippen molar-refractivity contribution in [2.75, 3.05) is 5.32 Å². The molecule has 21 heavy (non-hydrogen) atoms. The number of anilines is 1. The molecule has 1 unspecified atom stereocenters. The third kappa shape index (κ3) is 2.84. The van der Waals surface area contributed by atoms with E-state index in [9.17, 15) is 4.79 Å². The van der Waals surface area contributed by atoms with Crippen molar-refractivity contribution in [3.05, 3.63) is 58.1 Å². The van der Waals surface area contributed by atoms with E-state index < -0.39 is 0 Å². The van der Waals surface area contributed by atoms with Crippen LogP contribution in [0.3, 0.4) is 0 Å². The third-order valence-corrected chi connectivity index (χ3v) is 4.06. The first kappa shape index (κ1) is 13.9. The van der Waals surface area contributed by atoms with E-state index in [-0.39, 0.29) is 11.6 Å². The normalized spacial score (nSPS) is 17.3. The van der Waals surface area contributed by atoms with Gasteiger partial charge in [-0.1, -0.05) is 31.2 Å². The number of aryl methyl sites for hydroxylation is 2. The van der Waals surface area contributed by atoms with Crippen molar-refractivity contribution >= 4 is 5.82 Å². The quantitative estimate of drug-likeness (QED) is 0.937. The van der Waals surface area contributed by atoms with Gasteiger partial charge in [-0.05, 0) is 36.8 Å². The molecular weight excluding hydrogens is 262 g/mol. The summed E-state index contributed by atoms with van der Waals surface area (Å²) in [7, 11) is 0. The van der Waals surface area contributed by atoms with Crippen molar-refractivity contribution in [3.8, 4) is 0 Å². The number of benzene rings is 1. The van der Waals surface area contributed by atoms with Gasteiger partial charge in [0, 0.05) is 18.9 Å². The molecule has 0 spiro atoms. The summed E-state index contributed by atoms with van der Waals surface area (Å²) in [6.45, 7) is 2.80. The summed E-state index contributed by atoms with van der Waals surface area (Å²) in [5.41, 5.74) is 2.66. The smallest absolute Gasteiger partial charge is 0.293 e. The molecule has 1 aliphatic carbocycles. The zero-order valence-corrected chi connectivity index (χ0v) is 12.4. The second-order valence-electron chi connectivity index (χ2n) is 5.56. The Bertz CT molecular complexity index is 678. The van der Waals surface area contributed by atoms with Crippen molar-refractivity contribution in [1.29, 1.82) is 0 Å². The molecule has 110 valence electrons. The van der Waals surface area contributed by atoms with Crippen molar-refractivity contribution in [2.24, 2.45) is 0 Å². The van der Waals surface area contributed by atoms with Crippen LogP contribution in [0, 0.1) is 0 Å². The standard InChI is InChI=1S/C17H21N3O/c1-2-11-20-12-10-18-16(17(20)21)19-15-9-5-7-13-6-3-4-8-14(13)15/h3-4,6,8,10,12,15H,2,5,7,9,11H2,1H3,(H,18,19). The van der Waals surface area contributed by atoms with Gasteiger partial charge in [-0.3, -0.25) is 4.79 Å². The Morgan fingerprint density at radius 1 is 1.38 bits per heavy atom. The average Bonchev–Trinajstić information content (AvgIpc) is 2.52. The predicted octanol–water partition coefficient (Wildman–Crippen LogP) is 3.14. The van der Waals surface area contributed by atoms with Gasteiger partial charge in [-0.2, -0.15) is 0 Å². The SMILES string of the molecule is CCCn1ccnc(NC2CCCc3ccccc32)c1=O. The van der Waals surface area contributed by atoms with Crippen LogP contribution in [0.2, 0.25) is 0 Å². The average molecular weight is 283 g/mol. The van der Waals surface area contributed by atoms with E-state index in [2.05, 4.69) is 41.5 Å². The Hall–Kier alpha value is -2.10. The van der Waals surface area contributed by atoms with Crippen LogP contribution >= 0.6 is 0 Å². The number of nitrogens with one attached hydrogen (secondary N) is 1. The van der Waals surface area contributed by atoms with Crippen LogP contribution in [0.1, 0.15) is 43.4 Å². The number of aromatic nitrogens is 2. The Morgan fingerprint density at radius 3 is 3.10 bits per heavy atom. The molecular formula is C17H21N3O. The molecule has 4 nitrogen and oxygen atoms in total. The monoisotopic (exact) mass is 283 g/mol. The Balaban J connectivity index is 1.88. The number of fused-ring (bicyclic) bond motifs is 1. The van der Waals surface area contributed by atoms with Crippen LogP contribution in [0.25, 0.3) is 0 Å². The van der Waals surface area contributed by atoms with Gasteiger partial charge >= 0.3 is 0 Å². The molecule has 2 aromatic rings. The van der Waals surface area contributed by atoms with E-state index in [0.29, 0.717) is 5.82 Å². The van der Waals surface area contributed by atoms with Gasteiger partial charge in [-0.25, -0.2) is 4.98 Å². The minimum Gasteiger partial charge on any atom is -0.359 e. The number of nitrogens with zero attached hydrogens (tertiary/aromatic N) is 2. The van der Waals surface area contributed by atoms with E-state index in [1.165, 1.54) is 11.1 Å². The molecule has 1 aliphatic rings. The summed E-state index contributed by atoms with van der Waals surface area (Å²) in [5, 5.41) is 3.36. The van der Waals surface area contributed by atoms with Crippen molar-refractivity contribution < 1.29 is 0 Å². The molecule has 1 aromatic heterocycles. The van der Waals surface area contributed by atoms with Gasteiger partial charge in [0.1, 0.15) is 0 Å². The molecule has 1 aromatic carbocycles. The van der Waals surface area contributed by atoms with Crippen molar-refractivity contribution in [3.63, 3.8) is 0 Å². The topological polar surface area (TPSA) is 46.9 Å². The van der Waals surface area contributed by atoms with E-state index in [1.807, 2.05) is 0 Å². The predicted molar refractivity (Wildman–Crippen MR) is 84.5 cm³/mol. The van der Waals surface area contributed by atoms with E-state index in [0.717, 1.165) is 32.2 Å². The van der Waals surface area contributed by atoms with Crippen LogP contribution in [0.5, 0.6) is 0 Å². The van der Waals surface area contributed by atoms with E-state index in [4.69, 9.17) is 0 Å². The summed E-state index contributed by atoms with van der Waals surface area (Å²) < 4.78 is 1.73. The highest BCUT2D eigenvalue weighted by Crippen LogP contribution is 2.31. The van der Waals surface area contributed by atoms with Crippen LogP contribution < -0.4 is 10.9 Å². The molecule has 0 fully saturated rings. The Labute approximate surface area is 124 Å². The summed E-state index contributed by atoms with van der Waals surface area (Å²) in [6.07, 6.45) is 7.71. The third-order valence-electron chi connectivity index (χ3n) is 4.06. The molecule has 0 saturated heterocycles. The fraction of sp³-hybridized carbons (Fsp3) is 0.412. The molecule has 1 atom stereocenters. The van der Waals surface area contributed by atoms with Gasteiger partial charge in [0.05, 0.1) is 6.04 Å². The molecule has 0 bridgehead atoms. The highest BCUT2D eigenvalue weighted by atomic mass is 16.1. The second-order valence-corrected chi connectivity index (χ2v) is 5.56. The zero-order chi connectivity index (χ0) is 14.7. The largest absolute Gasteiger partial charge is 0.359 e. The van der Waals surface area contributed by atoms with Crippen molar-refractivity contribution in [1.82, 2.24) is 9.55 Å². The van der Waals surface area contributed by atoms with Crippen LogP contribution in [-0.2, 0) is 13.0 Å². The zero-order valence-electron chi connectivity index (χ0n) is 12.4. The number of rotatable bonds is 4. The van der Waals surface area contributed by atoms with Gasteiger partial charge in [-0.15, -0.1) is 0 Å². The summed E-state index contributed by atoms with van der Waals surface area (Å²) in [5.74, 6) is 0.465. The maximum atomic E-state index is 12.4. The lowest BCUT2D eigenvalue weighted by atomic mass is 9.88. The lowest BCUT2D eigenvalue weighted by Crippen LogP contribution is -2.27. The van der Waals surface area contributed by atoms with E-state index >= 15 is 0 Å². The molecule has 0 aliphatic heterocycles. The van der Waals surface area contributed by atoms with E-state index in [1.54, 1.807) is 17.0 Å². The lowest BCUT2D eigenvalue weighted by Gasteiger charge is -2.26. The summed E-state index contributed by atoms with van der Waals surface area (Å²) >= 11 is 0. The molecule has 1 N–H and O–H groups in total. The first-order chi connectivity index (χ1) is 10.3. The molecule has 4 heteroatoms. The molecule has 1 heterocycles. The second kappa shape index (κ2) is 6.12. The van der Waals surface area contributed by atoms with Crippen molar-refractivity contribution in [2.45, 2.75) is 45.2 Å². The first-order valence-electron chi connectivity index (χ1n) is 7.69. The molecule has 3 rings (SSSR count). The van der Waals surface area contributed by atoms with Gasteiger partial charge in [0.15, 0.2) is 5.82 Å². The summed E-state index contributed by atoms with van der Waals surface area (Å²) in [4.78, 5) is 16.6. The maximum absolute atomic E-state index is 12.4. The Kier molecular flexibility index (Phi) is 4.04. The Morgan fingerprint density at radius 2 is 2.24 bits per heavy atom. The number of hydrogen-bond acceptors (Lipinski definition) is 3. The highest BCUT2D eigenvalue weighted by Gasteiger charge is 2.20. The van der Waals surface area contributed by atoms with Crippen LogP contribution in [0.4, 0.5) is 5.82 Å². The van der Waals surface area contributed by atoms with Gasteiger partial charge < -0.3 is 9.88 Å².